The molecule has 20 heavy (non-hydrogen) atoms. The van der Waals surface area contributed by atoms with Crippen LogP contribution in [0.3, 0.4) is 0 Å². The number of ether oxygens (including phenoxy) is 1. The largest absolute Gasteiger partial charge is 0.494 e. The molecule has 0 saturated heterocycles. The smallest absolute Gasteiger partial charge is 0.273 e. The number of nitro benzene ring substituents is 1. The lowest BCUT2D eigenvalue weighted by atomic mass is 10.2. The van der Waals surface area contributed by atoms with Gasteiger partial charge < -0.3 is 15.4 Å². The number of anilines is 1. The number of hydrogen-bond donors (Lipinski definition) is 2. The van der Waals surface area contributed by atoms with Gasteiger partial charge in [0.1, 0.15) is 5.75 Å². The lowest BCUT2D eigenvalue weighted by molar-refractivity contribution is -0.384. The van der Waals surface area contributed by atoms with Crippen LogP contribution in [0.4, 0.5) is 11.4 Å². The fourth-order valence-electron chi connectivity index (χ4n) is 1.61. The van der Waals surface area contributed by atoms with Crippen LogP contribution >= 0.6 is 12.2 Å². The number of carbonyl (C=O) groups excluding carboxylic acids is 1. The summed E-state index contributed by atoms with van der Waals surface area (Å²) in [6, 6.07) is 4.09. The Balaban J connectivity index is 2.05. The number of rotatable bonds is 4. The van der Waals surface area contributed by atoms with Gasteiger partial charge in [-0.3, -0.25) is 14.9 Å². The van der Waals surface area contributed by atoms with Crippen LogP contribution in [0.25, 0.3) is 0 Å². The Morgan fingerprint density at radius 3 is 2.75 bits per heavy atom. The van der Waals surface area contributed by atoms with Crippen molar-refractivity contribution in [2.45, 2.75) is 12.8 Å². The van der Waals surface area contributed by atoms with Crippen molar-refractivity contribution in [3.8, 4) is 5.75 Å². The molecule has 0 atom stereocenters. The van der Waals surface area contributed by atoms with Crippen molar-refractivity contribution in [3.05, 3.63) is 28.3 Å². The molecule has 1 aromatic rings. The number of thiocarbonyl (C=S) groups is 1. The summed E-state index contributed by atoms with van der Waals surface area (Å²) < 4.78 is 5.06. The first-order chi connectivity index (χ1) is 9.51. The van der Waals surface area contributed by atoms with Gasteiger partial charge in [-0.05, 0) is 31.1 Å². The zero-order valence-electron chi connectivity index (χ0n) is 10.7. The van der Waals surface area contributed by atoms with Crippen molar-refractivity contribution in [3.63, 3.8) is 0 Å². The molecule has 106 valence electrons. The highest BCUT2D eigenvalue weighted by molar-refractivity contribution is 7.80. The van der Waals surface area contributed by atoms with Gasteiger partial charge in [-0.1, -0.05) is 0 Å². The van der Waals surface area contributed by atoms with E-state index in [-0.39, 0.29) is 28.4 Å². The average Bonchev–Trinajstić information content (AvgIpc) is 3.22. The molecule has 1 aliphatic carbocycles. The minimum absolute atomic E-state index is 0.0495. The molecular formula is C12H13N3O4S. The van der Waals surface area contributed by atoms with E-state index in [1.807, 2.05) is 0 Å². The van der Waals surface area contributed by atoms with Gasteiger partial charge in [-0.2, -0.15) is 0 Å². The van der Waals surface area contributed by atoms with Crippen molar-refractivity contribution >= 4 is 34.6 Å². The molecule has 0 radical (unpaired) electrons. The molecule has 1 saturated carbocycles. The van der Waals surface area contributed by atoms with Gasteiger partial charge >= 0.3 is 0 Å². The molecule has 0 unspecified atom stereocenters. The van der Waals surface area contributed by atoms with Crippen LogP contribution in [0, 0.1) is 16.0 Å². The van der Waals surface area contributed by atoms with Crippen molar-refractivity contribution in [1.82, 2.24) is 5.32 Å². The Bertz CT molecular complexity index is 572. The molecule has 0 aromatic heterocycles. The summed E-state index contributed by atoms with van der Waals surface area (Å²) in [6.45, 7) is 0. The van der Waals surface area contributed by atoms with Gasteiger partial charge in [0.15, 0.2) is 5.11 Å². The summed E-state index contributed by atoms with van der Waals surface area (Å²) >= 11 is 5.02. The minimum Gasteiger partial charge on any atom is -0.494 e. The molecule has 0 bridgehead atoms. The van der Waals surface area contributed by atoms with Gasteiger partial charge in [0, 0.05) is 12.0 Å². The van der Waals surface area contributed by atoms with Gasteiger partial charge in [0.25, 0.3) is 5.69 Å². The molecular weight excluding hydrogens is 282 g/mol. The number of benzene rings is 1. The van der Waals surface area contributed by atoms with E-state index in [1.165, 1.54) is 25.3 Å². The van der Waals surface area contributed by atoms with Gasteiger partial charge in [0.05, 0.1) is 23.8 Å². The first-order valence-corrected chi connectivity index (χ1v) is 6.36. The van der Waals surface area contributed by atoms with Crippen LogP contribution in [-0.2, 0) is 4.79 Å². The SMILES string of the molecule is COc1cc([N+](=O)[O-])ccc1NC(=S)NC(=O)C1CC1. The van der Waals surface area contributed by atoms with Crippen LogP contribution in [-0.4, -0.2) is 23.1 Å². The lowest BCUT2D eigenvalue weighted by Crippen LogP contribution is -2.35. The van der Waals surface area contributed by atoms with E-state index in [0.29, 0.717) is 5.69 Å². The normalized spacial score (nSPS) is 13.4. The second-order valence-corrected chi connectivity index (χ2v) is 4.77. The summed E-state index contributed by atoms with van der Waals surface area (Å²) in [5.41, 5.74) is 0.375. The third-order valence-corrected chi connectivity index (χ3v) is 3.03. The van der Waals surface area contributed by atoms with Gasteiger partial charge in [-0.15, -0.1) is 0 Å². The third kappa shape index (κ3) is 3.41. The molecule has 0 heterocycles. The van der Waals surface area contributed by atoms with E-state index in [1.54, 1.807) is 0 Å². The molecule has 0 aliphatic heterocycles. The van der Waals surface area contributed by atoms with Crippen molar-refractivity contribution < 1.29 is 14.5 Å². The van der Waals surface area contributed by atoms with Gasteiger partial charge in [-0.25, -0.2) is 0 Å². The highest BCUT2D eigenvalue weighted by atomic mass is 32.1. The first-order valence-electron chi connectivity index (χ1n) is 5.95. The third-order valence-electron chi connectivity index (χ3n) is 2.83. The monoisotopic (exact) mass is 295 g/mol. The Hall–Kier alpha value is -2.22. The maximum atomic E-state index is 11.5. The van der Waals surface area contributed by atoms with Crippen molar-refractivity contribution in [2.75, 3.05) is 12.4 Å². The van der Waals surface area contributed by atoms with E-state index >= 15 is 0 Å². The quantitative estimate of drug-likeness (QED) is 0.500. The maximum Gasteiger partial charge on any atom is 0.273 e. The van der Waals surface area contributed by atoms with Gasteiger partial charge in [0.2, 0.25) is 5.91 Å². The second-order valence-electron chi connectivity index (χ2n) is 4.36. The van der Waals surface area contributed by atoms with Crippen LogP contribution < -0.4 is 15.4 Å². The predicted octanol–water partition coefficient (Wildman–Crippen LogP) is 1.83. The maximum absolute atomic E-state index is 11.5. The number of non-ortho nitro benzene ring substituents is 1. The summed E-state index contributed by atoms with van der Waals surface area (Å²) in [4.78, 5) is 21.7. The Morgan fingerprint density at radius 1 is 1.50 bits per heavy atom. The summed E-state index contributed by atoms with van der Waals surface area (Å²) in [5.74, 6) is 0.221. The molecule has 7 nitrogen and oxygen atoms in total. The number of nitro groups is 1. The minimum atomic E-state index is -0.514. The molecule has 2 N–H and O–H groups in total. The zero-order chi connectivity index (χ0) is 14.7. The fraction of sp³-hybridized carbons (Fsp3) is 0.333. The van der Waals surface area contributed by atoms with Crippen LogP contribution in [0.2, 0.25) is 0 Å². The second kappa shape index (κ2) is 5.83. The number of nitrogens with zero attached hydrogens (tertiary/aromatic N) is 1. The number of amides is 1. The van der Waals surface area contributed by atoms with E-state index in [4.69, 9.17) is 17.0 Å². The standard InChI is InChI=1S/C12H13N3O4S/c1-19-10-6-8(15(17)18)4-5-9(10)13-12(20)14-11(16)7-2-3-7/h4-7H,2-3H2,1H3,(H2,13,14,16,20). The fourth-order valence-corrected chi connectivity index (χ4v) is 1.82. The van der Waals surface area contributed by atoms with E-state index in [2.05, 4.69) is 10.6 Å². The summed E-state index contributed by atoms with van der Waals surface area (Å²) in [6.07, 6.45) is 1.77. The van der Waals surface area contributed by atoms with E-state index in [9.17, 15) is 14.9 Å². The van der Waals surface area contributed by atoms with E-state index < -0.39 is 4.92 Å². The Labute approximate surface area is 120 Å². The summed E-state index contributed by atoms with van der Waals surface area (Å²) in [5, 5.41) is 16.2. The Kier molecular flexibility index (Phi) is 4.14. The molecule has 1 fully saturated rings. The van der Waals surface area contributed by atoms with Crippen LogP contribution in [0.15, 0.2) is 18.2 Å². The predicted molar refractivity (Wildman–Crippen MR) is 76.7 cm³/mol. The number of nitrogens with one attached hydrogen (secondary N) is 2. The zero-order valence-corrected chi connectivity index (χ0v) is 11.5. The van der Waals surface area contributed by atoms with Crippen molar-refractivity contribution in [1.29, 1.82) is 0 Å². The molecule has 2 rings (SSSR count). The molecule has 1 aliphatic rings. The molecule has 1 amide bonds. The Morgan fingerprint density at radius 2 is 2.20 bits per heavy atom. The first kappa shape index (κ1) is 14.2. The number of hydrogen-bond acceptors (Lipinski definition) is 5. The number of methoxy groups -OCH3 is 1. The lowest BCUT2D eigenvalue weighted by Gasteiger charge is -2.12. The van der Waals surface area contributed by atoms with Crippen LogP contribution in [0.1, 0.15) is 12.8 Å². The van der Waals surface area contributed by atoms with Crippen LogP contribution in [0.5, 0.6) is 5.75 Å². The highest BCUT2D eigenvalue weighted by Gasteiger charge is 2.30. The molecule has 8 heteroatoms. The highest BCUT2D eigenvalue weighted by Crippen LogP contribution is 2.30. The summed E-state index contributed by atoms with van der Waals surface area (Å²) in [7, 11) is 1.40. The topological polar surface area (TPSA) is 93.5 Å². The molecule has 1 aromatic carbocycles. The molecule has 0 spiro atoms. The van der Waals surface area contributed by atoms with Crippen molar-refractivity contribution in [2.24, 2.45) is 5.92 Å². The van der Waals surface area contributed by atoms with E-state index in [0.717, 1.165) is 12.8 Å². The average molecular weight is 295 g/mol. The number of carbonyl (C=O) groups is 1.